The number of rotatable bonds is 5. The summed E-state index contributed by atoms with van der Waals surface area (Å²) in [6.45, 7) is 5.57. The molecule has 4 heteroatoms. The van der Waals surface area contributed by atoms with Gasteiger partial charge in [0.05, 0.1) is 12.4 Å². The third-order valence-corrected chi connectivity index (χ3v) is 2.78. The number of nitrogens with zero attached hydrogens (tertiary/aromatic N) is 2. The maximum absolute atomic E-state index is 5.84. The van der Waals surface area contributed by atoms with E-state index in [2.05, 4.69) is 12.0 Å². The van der Waals surface area contributed by atoms with Gasteiger partial charge in [-0.25, -0.2) is 0 Å². The molecule has 0 radical (unpaired) electrons. The van der Waals surface area contributed by atoms with Crippen molar-refractivity contribution in [2.75, 3.05) is 0 Å². The molecule has 2 aromatic rings. The number of hydrogen-bond acceptors (Lipinski definition) is 3. The van der Waals surface area contributed by atoms with E-state index in [1.807, 2.05) is 36.0 Å². The molecule has 18 heavy (non-hydrogen) atoms. The Morgan fingerprint density at radius 3 is 2.94 bits per heavy atom. The van der Waals surface area contributed by atoms with Gasteiger partial charge in [0.1, 0.15) is 5.75 Å². The molecule has 1 heterocycles. The van der Waals surface area contributed by atoms with Crippen LogP contribution in [0.15, 0.2) is 30.6 Å². The van der Waals surface area contributed by atoms with E-state index in [0.717, 1.165) is 35.6 Å². The zero-order valence-corrected chi connectivity index (χ0v) is 10.9. The highest BCUT2D eigenvalue weighted by Gasteiger charge is 2.05. The van der Waals surface area contributed by atoms with E-state index in [9.17, 15) is 0 Å². The highest BCUT2D eigenvalue weighted by atomic mass is 16.5. The smallest absolute Gasteiger partial charge is 0.165 e. The van der Waals surface area contributed by atoms with Gasteiger partial charge in [0.25, 0.3) is 0 Å². The summed E-state index contributed by atoms with van der Waals surface area (Å²) in [5.41, 5.74) is 7.79. The van der Waals surface area contributed by atoms with Crippen LogP contribution in [0.2, 0.25) is 0 Å². The van der Waals surface area contributed by atoms with Crippen LogP contribution >= 0.6 is 0 Å². The fraction of sp³-hybridized carbons (Fsp3) is 0.357. The van der Waals surface area contributed by atoms with Gasteiger partial charge < -0.3 is 10.5 Å². The maximum atomic E-state index is 5.84. The molecule has 2 rings (SSSR count). The van der Waals surface area contributed by atoms with Gasteiger partial charge in [-0.05, 0) is 30.5 Å². The van der Waals surface area contributed by atoms with Crippen LogP contribution in [0.1, 0.15) is 24.5 Å². The van der Waals surface area contributed by atoms with Crippen molar-refractivity contribution in [2.45, 2.75) is 33.4 Å². The third-order valence-electron chi connectivity index (χ3n) is 2.78. The summed E-state index contributed by atoms with van der Waals surface area (Å²) in [4.78, 5) is 0. The lowest BCUT2D eigenvalue weighted by atomic mass is 10.1. The molecule has 2 N–H and O–H groups in total. The summed E-state index contributed by atoms with van der Waals surface area (Å²) in [5.74, 6) is 1.61. The fourth-order valence-electron chi connectivity index (χ4n) is 1.76. The van der Waals surface area contributed by atoms with E-state index >= 15 is 0 Å². The van der Waals surface area contributed by atoms with Crippen molar-refractivity contribution in [3.8, 4) is 11.5 Å². The summed E-state index contributed by atoms with van der Waals surface area (Å²) in [5, 5.41) is 4.24. The normalized spacial score (nSPS) is 10.6. The molecule has 4 nitrogen and oxygen atoms in total. The summed E-state index contributed by atoms with van der Waals surface area (Å²) in [6.07, 6.45) is 4.71. The molecule has 0 aliphatic rings. The van der Waals surface area contributed by atoms with Crippen molar-refractivity contribution in [3.63, 3.8) is 0 Å². The first kappa shape index (κ1) is 12.6. The van der Waals surface area contributed by atoms with Crippen LogP contribution in [0, 0.1) is 6.92 Å². The Kier molecular flexibility index (Phi) is 3.99. The van der Waals surface area contributed by atoms with Crippen LogP contribution in [-0.2, 0) is 13.1 Å². The van der Waals surface area contributed by atoms with Crippen LogP contribution in [-0.4, -0.2) is 9.78 Å². The lowest BCUT2D eigenvalue weighted by Gasteiger charge is -2.08. The lowest BCUT2D eigenvalue weighted by Crippen LogP contribution is -1.97. The van der Waals surface area contributed by atoms with Crippen molar-refractivity contribution < 1.29 is 4.74 Å². The van der Waals surface area contributed by atoms with Crippen molar-refractivity contribution in [1.29, 1.82) is 0 Å². The molecule has 0 unspecified atom stereocenters. The van der Waals surface area contributed by atoms with E-state index in [0.29, 0.717) is 6.54 Å². The zero-order valence-electron chi connectivity index (χ0n) is 10.9. The largest absolute Gasteiger partial charge is 0.454 e. The third kappa shape index (κ3) is 2.90. The van der Waals surface area contributed by atoms with Gasteiger partial charge in [0, 0.05) is 13.1 Å². The van der Waals surface area contributed by atoms with E-state index < -0.39 is 0 Å². The Morgan fingerprint density at radius 2 is 2.22 bits per heavy atom. The first-order chi connectivity index (χ1) is 8.72. The highest BCUT2D eigenvalue weighted by molar-refractivity contribution is 5.39. The van der Waals surface area contributed by atoms with Gasteiger partial charge in [-0.2, -0.15) is 5.10 Å². The average Bonchev–Trinajstić information content (AvgIpc) is 2.80. The van der Waals surface area contributed by atoms with Crippen molar-refractivity contribution in [1.82, 2.24) is 9.78 Å². The van der Waals surface area contributed by atoms with Crippen LogP contribution < -0.4 is 10.5 Å². The molecule has 0 amide bonds. The minimum absolute atomic E-state index is 0.520. The Balaban J connectivity index is 2.16. The second-order valence-electron chi connectivity index (χ2n) is 4.35. The molecule has 0 spiro atoms. The first-order valence-corrected chi connectivity index (χ1v) is 6.23. The van der Waals surface area contributed by atoms with Crippen LogP contribution in [0.5, 0.6) is 11.5 Å². The standard InChI is InChI=1S/C14H19N3O/c1-3-6-17-10-13(9-16-17)18-14-7-12(8-15)5-4-11(14)2/h4-5,7,9-10H,3,6,8,15H2,1-2H3. The molecule has 0 fully saturated rings. The Labute approximate surface area is 107 Å². The molecule has 1 aromatic carbocycles. The molecule has 1 aromatic heterocycles. The van der Waals surface area contributed by atoms with Gasteiger partial charge in [0.2, 0.25) is 0 Å². The van der Waals surface area contributed by atoms with Crippen molar-refractivity contribution >= 4 is 0 Å². The van der Waals surface area contributed by atoms with Crippen LogP contribution in [0.4, 0.5) is 0 Å². The first-order valence-electron chi connectivity index (χ1n) is 6.23. The summed E-state index contributed by atoms with van der Waals surface area (Å²) >= 11 is 0. The monoisotopic (exact) mass is 245 g/mol. The minimum Gasteiger partial charge on any atom is -0.454 e. The number of benzene rings is 1. The maximum Gasteiger partial charge on any atom is 0.165 e. The van der Waals surface area contributed by atoms with E-state index in [1.54, 1.807) is 6.20 Å². The van der Waals surface area contributed by atoms with Gasteiger partial charge >= 0.3 is 0 Å². The second-order valence-corrected chi connectivity index (χ2v) is 4.35. The number of aryl methyl sites for hydroxylation is 2. The van der Waals surface area contributed by atoms with E-state index in [-0.39, 0.29) is 0 Å². The molecular weight excluding hydrogens is 226 g/mol. The fourth-order valence-corrected chi connectivity index (χ4v) is 1.76. The summed E-state index contributed by atoms with van der Waals surface area (Å²) < 4.78 is 7.73. The molecule has 96 valence electrons. The Bertz CT molecular complexity index is 520. The summed E-state index contributed by atoms with van der Waals surface area (Å²) in [6, 6.07) is 6.02. The van der Waals surface area contributed by atoms with Gasteiger partial charge in [0.15, 0.2) is 5.75 Å². The molecule has 0 bridgehead atoms. The second kappa shape index (κ2) is 5.69. The molecule has 0 aliphatic carbocycles. The topological polar surface area (TPSA) is 53.1 Å². The lowest BCUT2D eigenvalue weighted by molar-refractivity contribution is 0.476. The van der Waals surface area contributed by atoms with Gasteiger partial charge in [-0.15, -0.1) is 0 Å². The quantitative estimate of drug-likeness (QED) is 0.881. The van der Waals surface area contributed by atoms with Crippen LogP contribution in [0.25, 0.3) is 0 Å². The SMILES string of the molecule is CCCn1cc(Oc2cc(CN)ccc2C)cn1. The Morgan fingerprint density at radius 1 is 1.39 bits per heavy atom. The highest BCUT2D eigenvalue weighted by Crippen LogP contribution is 2.25. The predicted octanol–water partition coefficient (Wildman–Crippen LogP) is 2.85. The summed E-state index contributed by atoms with van der Waals surface area (Å²) in [7, 11) is 0. The van der Waals surface area contributed by atoms with Crippen molar-refractivity contribution in [3.05, 3.63) is 41.7 Å². The molecule has 0 saturated heterocycles. The average molecular weight is 245 g/mol. The number of aromatic nitrogens is 2. The van der Waals surface area contributed by atoms with E-state index in [4.69, 9.17) is 10.5 Å². The van der Waals surface area contributed by atoms with E-state index in [1.165, 1.54) is 0 Å². The number of nitrogens with two attached hydrogens (primary N) is 1. The van der Waals surface area contributed by atoms with Crippen LogP contribution in [0.3, 0.4) is 0 Å². The predicted molar refractivity (Wildman–Crippen MR) is 71.7 cm³/mol. The van der Waals surface area contributed by atoms with Gasteiger partial charge in [-0.1, -0.05) is 19.1 Å². The molecule has 0 aliphatic heterocycles. The number of ether oxygens (including phenoxy) is 1. The molecular formula is C14H19N3O. The number of hydrogen-bond donors (Lipinski definition) is 1. The minimum atomic E-state index is 0.520. The van der Waals surface area contributed by atoms with Gasteiger partial charge in [-0.3, -0.25) is 4.68 Å². The van der Waals surface area contributed by atoms with Crippen molar-refractivity contribution in [2.24, 2.45) is 5.73 Å². The zero-order chi connectivity index (χ0) is 13.0. The Hall–Kier alpha value is -1.81. The molecule has 0 atom stereocenters. The molecule has 0 saturated carbocycles.